The van der Waals surface area contributed by atoms with Gasteiger partial charge in [-0.05, 0) is 18.2 Å². The topological polar surface area (TPSA) is 90.0 Å². The fraction of sp³-hybridized carbons (Fsp3) is 0.154. The van der Waals surface area contributed by atoms with E-state index in [2.05, 4.69) is 10.3 Å². The summed E-state index contributed by atoms with van der Waals surface area (Å²) in [4.78, 5) is 27.3. The van der Waals surface area contributed by atoms with Gasteiger partial charge in [0, 0.05) is 37.6 Å². The summed E-state index contributed by atoms with van der Waals surface area (Å²) in [6, 6.07) is 6.20. The molecule has 1 amide bonds. The molecule has 2 heterocycles. The number of nitrogens with zero attached hydrogens (tertiary/aromatic N) is 2. The van der Waals surface area contributed by atoms with Gasteiger partial charge in [0.25, 0.3) is 5.91 Å². The molecular weight excluding hydrogens is 244 g/mol. The molecule has 0 saturated carbocycles. The van der Waals surface area contributed by atoms with Crippen molar-refractivity contribution in [2.75, 3.05) is 5.32 Å². The summed E-state index contributed by atoms with van der Waals surface area (Å²) in [5.41, 5.74) is 7.02. The summed E-state index contributed by atoms with van der Waals surface area (Å²) in [6.45, 7) is 0.279. The number of carbonyl (C=O) groups excluding carboxylic acids is 1. The molecule has 0 aromatic carbocycles. The number of nitrogens with one attached hydrogen (secondary N) is 1. The van der Waals surface area contributed by atoms with Crippen LogP contribution >= 0.6 is 0 Å². The number of rotatable bonds is 3. The van der Waals surface area contributed by atoms with Gasteiger partial charge in [0.15, 0.2) is 0 Å². The second kappa shape index (κ2) is 5.45. The molecule has 2 rings (SSSR count). The van der Waals surface area contributed by atoms with Gasteiger partial charge in [-0.1, -0.05) is 0 Å². The largest absolute Gasteiger partial charge is 0.325 e. The maximum Gasteiger partial charge on any atom is 0.255 e. The summed E-state index contributed by atoms with van der Waals surface area (Å²) in [7, 11) is 1.62. The molecule has 6 heteroatoms. The van der Waals surface area contributed by atoms with E-state index in [0.717, 1.165) is 0 Å². The van der Waals surface area contributed by atoms with Gasteiger partial charge >= 0.3 is 0 Å². The Morgan fingerprint density at radius 3 is 2.89 bits per heavy atom. The number of hydrogen-bond donors (Lipinski definition) is 2. The van der Waals surface area contributed by atoms with E-state index >= 15 is 0 Å². The Kier molecular flexibility index (Phi) is 3.72. The summed E-state index contributed by atoms with van der Waals surface area (Å²) in [6.07, 6.45) is 3.10. The number of aromatic nitrogens is 2. The molecule has 0 spiro atoms. The molecule has 98 valence electrons. The first-order valence-corrected chi connectivity index (χ1v) is 5.73. The second-order valence-electron chi connectivity index (χ2n) is 4.06. The average Bonchev–Trinajstić information content (AvgIpc) is 2.43. The third-order valence-electron chi connectivity index (χ3n) is 2.63. The van der Waals surface area contributed by atoms with Crippen molar-refractivity contribution < 1.29 is 4.79 Å². The number of pyridine rings is 2. The van der Waals surface area contributed by atoms with Gasteiger partial charge in [-0.15, -0.1) is 0 Å². The second-order valence-corrected chi connectivity index (χ2v) is 4.06. The summed E-state index contributed by atoms with van der Waals surface area (Å²) < 4.78 is 1.40. The number of nitrogens with two attached hydrogens (primary N) is 1. The Labute approximate surface area is 109 Å². The van der Waals surface area contributed by atoms with Crippen molar-refractivity contribution in [3.8, 4) is 0 Å². The Bertz CT molecular complexity index is 664. The predicted octanol–water partition coefficient (Wildman–Crippen LogP) is 0.491. The molecule has 0 aliphatic carbocycles. The van der Waals surface area contributed by atoms with Crippen LogP contribution in [-0.2, 0) is 13.6 Å². The monoisotopic (exact) mass is 258 g/mol. The van der Waals surface area contributed by atoms with Crippen LogP contribution < -0.4 is 16.6 Å². The standard InChI is InChI=1S/C13H14N4O2/c1-17-8-10(2-3-12(17)18)16-13(19)9-4-5-15-11(6-9)7-14/h2-6,8H,7,14H2,1H3,(H,16,19). The summed E-state index contributed by atoms with van der Waals surface area (Å²) in [5, 5.41) is 2.71. The van der Waals surface area contributed by atoms with Crippen LogP contribution in [0.15, 0.2) is 41.5 Å². The fourth-order valence-electron chi connectivity index (χ4n) is 1.60. The van der Waals surface area contributed by atoms with Gasteiger partial charge < -0.3 is 15.6 Å². The minimum absolute atomic E-state index is 0.132. The van der Waals surface area contributed by atoms with Crippen molar-refractivity contribution in [2.24, 2.45) is 12.8 Å². The first kappa shape index (κ1) is 13.0. The number of carbonyl (C=O) groups is 1. The first-order valence-electron chi connectivity index (χ1n) is 5.73. The lowest BCUT2D eigenvalue weighted by molar-refractivity contribution is 0.102. The normalized spacial score (nSPS) is 10.2. The van der Waals surface area contributed by atoms with E-state index in [-0.39, 0.29) is 18.0 Å². The van der Waals surface area contributed by atoms with Gasteiger partial charge in [-0.3, -0.25) is 14.6 Å². The molecule has 19 heavy (non-hydrogen) atoms. The van der Waals surface area contributed by atoms with Crippen LogP contribution in [0, 0.1) is 0 Å². The molecule has 0 bridgehead atoms. The highest BCUT2D eigenvalue weighted by Gasteiger charge is 2.07. The molecule has 0 atom stereocenters. The van der Waals surface area contributed by atoms with E-state index in [4.69, 9.17) is 5.73 Å². The van der Waals surface area contributed by atoms with Crippen LogP contribution in [0.2, 0.25) is 0 Å². The third-order valence-corrected chi connectivity index (χ3v) is 2.63. The highest BCUT2D eigenvalue weighted by molar-refractivity contribution is 6.04. The molecule has 0 aliphatic heterocycles. The van der Waals surface area contributed by atoms with Gasteiger partial charge in [0.05, 0.1) is 11.4 Å². The Hall–Kier alpha value is -2.47. The lowest BCUT2D eigenvalue weighted by Crippen LogP contribution is -2.18. The van der Waals surface area contributed by atoms with Crippen LogP contribution in [0.1, 0.15) is 16.1 Å². The molecule has 0 fully saturated rings. The van der Waals surface area contributed by atoms with Crippen molar-refractivity contribution >= 4 is 11.6 Å². The fourth-order valence-corrected chi connectivity index (χ4v) is 1.60. The van der Waals surface area contributed by atoms with Gasteiger partial charge in [-0.2, -0.15) is 0 Å². The summed E-state index contributed by atoms with van der Waals surface area (Å²) in [5.74, 6) is -0.268. The van der Waals surface area contributed by atoms with E-state index in [9.17, 15) is 9.59 Å². The molecule has 6 nitrogen and oxygen atoms in total. The highest BCUT2D eigenvalue weighted by Crippen LogP contribution is 2.07. The number of amides is 1. The van der Waals surface area contributed by atoms with Gasteiger partial charge in [0.2, 0.25) is 5.56 Å². The molecule has 0 unspecified atom stereocenters. The minimum atomic E-state index is -0.268. The summed E-state index contributed by atoms with van der Waals surface area (Å²) >= 11 is 0. The predicted molar refractivity (Wildman–Crippen MR) is 71.8 cm³/mol. The van der Waals surface area contributed by atoms with Crippen molar-refractivity contribution in [2.45, 2.75) is 6.54 Å². The van der Waals surface area contributed by atoms with Crippen LogP contribution in [0.3, 0.4) is 0 Å². The zero-order valence-electron chi connectivity index (χ0n) is 10.5. The van der Waals surface area contributed by atoms with Gasteiger partial charge in [0.1, 0.15) is 0 Å². The number of anilines is 1. The lowest BCUT2D eigenvalue weighted by Gasteiger charge is -2.07. The molecule has 2 aromatic rings. The van der Waals surface area contributed by atoms with Crippen LogP contribution in [0.4, 0.5) is 5.69 Å². The zero-order valence-corrected chi connectivity index (χ0v) is 10.5. The molecule has 0 aliphatic rings. The van der Waals surface area contributed by atoms with Gasteiger partial charge in [-0.25, -0.2) is 0 Å². The zero-order chi connectivity index (χ0) is 13.8. The Morgan fingerprint density at radius 2 is 2.21 bits per heavy atom. The Morgan fingerprint density at radius 1 is 1.42 bits per heavy atom. The molecular formula is C13H14N4O2. The van der Waals surface area contributed by atoms with Crippen molar-refractivity contribution in [3.05, 3.63) is 58.3 Å². The molecule has 0 saturated heterocycles. The van der Waals surface area contributed by atoms with Crippen LogP contribution in [0.25, 0.3) is 0 Å². The van der Waals surface area contributed by atoms with E-state index in [1.54, 1.807) is 31.4 Å². The number of hydrogen-bond acceptors (Lipinski definition) is 4. The molecule has 0 radical (unpaired) electrons. The van der Waals surface area contributed by atoms with Crippen LogP contribution in [-0.4, -0.2) is 15.5 Å². The van der Waals surface area contributed by atoms with E-state index in [0.29, 0.717) is 16.9 Å². The minimum Gasteiger partial charge on any atom is -0.325 e. The van der Waals surface area contributed by atoms with Crippen LogP contribution in [0.5, 0.6) is 0 Å². The van der Waals surface area contributed by atoms with Crippen molar-refractivity contribution in [1.29, 1.82) is 0 Å². The van der Waals surface area contributed by atoms with E-state index in [1.165, 1.54) is 16.8 Å². The first-order chi connectivity index (χ1) is 9.10. The maximum absolute atomic E-state index is 12.0. The molecule has 3 N–H and O–H groups in total. The van der Waals surface area contributed by atoms with E-state index in [1.807, 2.05) is 0 Å². The third kappa shape index (κ3) is 3.05. The average molecular weight is 258 g/mol. The molecule has 2 aromatic heterocycles. The van der Waals surface area contributed by atoms with Crippen molar-refractivity contribution in [3.63, 3.8) is 0 Å². The highest BCUT2D eigenvalue weighted by atomic mass is 16.1. The maximum atomic E-state index is 12.0. The number of aryl methyl sites for hydroxylation is 1. The lowest BCUT2D eigenvalue weighted by atomic mass is 10.2. The quantitative estimate of drug-likeness (QED) is 0.838. The Balaban J connectivity index is 2.20. The SMILES string of the molecule is Cn1cc(NC(=O)c2ccnc(CN)c2)ccc1=O. The van der Waals surface area contributed by atoms with E-state index < -0.39 is 0 Å². The van der Waals surface area contributed by atoms with Crippen molar-refractivity contribution in [1.82, 2.24) is 9.55 Å². The smallest absolute Gasteiger partial charge is 0.255 e.